The third kappa shape index (κ3) is 1.66. The highest BCUT2D eigenvalue weighted by atomic mass is 16.6. The van der Waals surface area contributed by atoms with E-state index in [1.807, 2.05) is 0 Å². The van der Waals surface area contributed by atoms with Crippen LogP contribution in [0.15, 0.2) is 36.4 Å². The van der Waals surface area contributed by atoms with Gasteiger partial charge in [0, 0.05) is 12.1 Å². The Morgan fingerprint density at radius 1 is 0.955 bits per heavy atom. The van der Waals surface area contributed by atoms with Gasteiger partial charge in [0.05, 0.1) is 22.4 Å². The molecule has 1 saturated carbocycles. The fourth-order valence-corrected chi connectivity index (χ4v) is 4.05. The standard InChI is InChI=1S/C16H14N2O4/c19-15-13-9-1-2-10(4-3-9)14(13)16(20)17(15)11-5-7-12(8-6-11)18(21)22/h1-2,5-10,13-14H,3-4H2/t9-,10+,13-,14+. The summed E-state index contributed by atoms with van der Waals surface area (Å²) in [5.41, 5.74) is 0.372. The maximum Gasteiger partial charge on any atom is 0.269 e. The molecule has 6 heteroatoms. The van der Waals surface area contributed by atoms with Crippen molar-refractivity contribution in [2.24, 2.45) is 23.7 Å². The number of allylic oxidation sites excluding steroid dienone is 2. The number of nitro groups is 1. The van der Waals surface area contributed by atoms with Crippen LogP contribution in [0.1, 0.15) is 12.8 Å². The van der Waals surface area contributed by atoms with Gasteiger partial charge in [0.1, 0.15) is 0 Å². The highest BCUT2D eigenvalue weighted by Crippen LogP contribution is 2.50. The van der Waals surface area contributed by atoms with Gasteiger partial charge < -0.3 is 0 Å². The van der Waals surface area contributed by atoms with Crippen molar-refractivity contribution in [1.29, 1.82) is 0 Å². The maximum absolute atomic E-state index is 12.7. The number of imide groups is 1. The Morgan fingerprint density at radius 2 is 1.45 bits per heavy atom. The summed E-state index contributed by atoms with van der Waals surface area (Å²) in [5, 5.41) is 10.7. The molecular formula is C16H14N2O4. The van der Waals surface area contributed by atoms with Gasteiger partial charge >= 0.3 is 0 Å². The molecule has 1 heterocycles. The molecule has 5 rings (SSSR count). The number of hydrogen-bond acceptors (Lipinski definition) is 4. The Balaban J connectivity index is 1.70. The Morgan fingerprint density at radius 3 is 1.86 bits per heavy atom. The fourth-order valence-electron chi connectivity index (χ4n) is 4.05. The van der Waals surface area contributed by atoms with Crippen molar-refractivity contribution in [1.82, 2.24) is 0 Å². The molecule has 22 heavy (non-hydrogen) atoms. The number of fused-ring (bicyclic) bond motifs is 1. The SMILES string of the molecule is O=C1[C@@H]2[C@H](C(=O)N1c1ccc([N+](=O)[O-])cc1)[C@@H]1C=C[C@H]2CC1. The van der Waals surface area contributed by atoms with Crippen LogP contribution in [-0.2, 0) is 9.59 Å². The largest absolute Gasteiger partial charge is 0.274 e. The molecular weight excluding hydrogens is 284 g/mol. The predicted molar refractivity (Wildman–Crippen MR) is 77.9 cm³/mol. The number of nitrogens with zero attached hydrogens (tertiary/aromatic N) is 2. The van der Waals surface area contributed by atoms with Crippen molar-refractivity contribution in [3.05, 3.63) is 46.5 Å². The van der Waals surface area contributed by atoms with Crippen molar-refractivity contribution < 1.29 is 14.5 Å². The van der Waals surface area contributed by atoms with Crippen LogP contribution in [0.5, 0.6) is 0 Å². The summed E-state index contributed by atoms with van der Waals surface area (Å²) in [7, 11) is 0. The van der Waals surface area contributed by atoms with E-state index in [4.69, 9.17) is 0 Å². The topological polar surface area (TPSA) is 80.5 Å². The summed E-state index contributed by atoms with van der Waals surface area (Å²) in [6, 6.07) is 5.59. The first-order valence-corrected chi connectivity index (χ1v) is 7.38. The van der Waals surface area contributed by atoms with E-state index >= 15 is 0 Å². The zero-order valence-electron chi connectivity index (χ0n) is 11.7. The Bertz CT molecular complexity index is 677. The molecule has 1 saturated heterocycles. The molecule has 112 valence electrons. The minimum atomic E-state index is -0.499. The van der Waals surface area contributed by atoms with Crippen LogP contribution in [0.25, 0.3) is 0 Å². The van der Waals surface area contributed by atoms with Crippen LogP contribution >= 0.6 is 0 Å². The van der Waals surface area contributed by atoms with E-state index in [1.165, 1.54) is 29.2 Å². The van der Waals surface area contributed by atoms with Crippen LogP contribution in [-0.4, -0.2) is 16.7 Å². The number of carbonyl (C=O) groups is 2. The molecule has 1 aromatic rings. The van der Waals surface area contributed by atoms with Gasteiger partial charge in [0.25, 0.3) is 5.69 Å². The second-order valence-electron chi connectivity index (χ2n) is 6.13. The quantitative estimate of drug-likeness (QED) is 0.363. The van der Waals surface area contributed by atoms with Crippen molar-refractivity contribution in [3.63, 3.8) is 0 Å². The van der Waals surface area contributed by atoms with Crippen molar-refractivity contribution >= 4 is 23.2 Å². The number of nitro benzene ring substituents is 1. The van der Waals surface area contributed by atoms with E-state index < -0.39 is 4.92 Å². The molecule has 0 N–H and O–H groups in total. The smallest absolute Gasteiger partial charge is 0.269 e. The second-order valence-corrected chi connectivity index (χ2v) is 6.13. The first-order chi connectivity index (χ1) is 10.6. The molecule has 2 bridgehead atoms. The minimum Gasteiger partial charge on any atom is -0.274 e. The highest BCUT2D eigenvalue weighted by molar-refractivity contribution is 6.22. The molecule has 3 aliphatic carbocycles. The van der Waals surface area contributed by atoms with Gasteiger partial charge in [-0.15, -0.1) is 0 Å². The van der Waals surface area contributed by atoms with Crippen molar-refractivity contribution in [3.8, 4) is 0 Å². The molecule has 6 nitrogen and oxygen atoms in total. The van der Waals surface area contributed by atoms with Gasteiger partial charge in [0.2, 0.25) is 11.8 Å². The summed E-state index contributed by atoms with van der Waals surface area (Å²) in [6.45, 7) is 0. The average Bonchev–Trinajstić information content (AvgIpc) is 2.82. The second kappa shape index (κ2) is 4.50. The maximum atomic E-state index is 12.7. The molecule has 2 fully saturated rings. The van der Waals surface area contributed by atoms with Crippen LogP contribution in [0.4, 0.5) is 11.4 Å². The first kappa shape index (κ1) is 13.2. The van der Waals surface area contributed by atoms with E-state index in [0.29, 0.717) is 5.69 Å². The Labute approximate surface area is 126 Å². The van der Waals surface area contributed by atoms with Crippen LogP contribution in [0.2, 0.25) is 0 Å². The van der Waals surface area contributed by atoms with Crippen molar-refractivity contribution in [2.45, 2.75) is 12.8 Å². The molecule has 0 aromatic heterocycles. The normalized spacial score (nSPS) is 32.5. The number of carbonyl (C=O) groups excluding carboxylic acids is 2. The average molecular weight is 298 g/mol. The number of amides is 2. The van der Waals surface area contributed by atoms with E-state index in [0.717, 1.165) is 12.8 Å². The van der Waals surface area contributed by atoms with Gasteiger partial charge in [-0.2, -0.15) is 0 Å². The number of rotatable bonds is 2. The molecule has 0 radical (unpaired) electrons. The van der Waals surface area contributed by atoms with Gasteiger partial charge in [-0.1, -0.05) is 12.2 Å². The number of hydrogen-bond donors (Lipinski definition) is 0. The molecule has 0 unspecified atom stereocenters. The van der Waals surface area contributed by atoms with Gasteiger partial charge in [-0.25, -0.2) is 0 Å². The minimum absolute atomic E-state index is 0.0537. The lowest BCUT2D eigenvalue weighted by atomic mass is 9.63. The fraction of sp³-hybridized carbons (Fsp3) is 0.375. The molecule has 1 aliphatic heterocycles. The van der Waals surface area contributed by atoms with Crippen molar-refractivity contribution in [2.75, 3.05) is 4.90 Å². The lowest BCUT2D eigenvalue weighted by Crippen LogP contribution is -2.38. The van der Waals surface area contributed by atoms with Gasteiger partial charge in [-0.05, 0) is 36.8 Å². The molecule has 1 aromatic carbocycles. The van der Waals surface area contributed by atoms with E-state index in [1.54, 1.807) is 0 Å². The third-order valence-electron chi connectivity index (χ3n) is 5.08. The van der Waals surface area contributed by atoms with Crippen LogP contribution in [0, 0.1) is 33.8 Å². The molecule has 4 aliphatic rings. The number of non-ortho nitro benzene ring substituents is 1. The van der Waals surface area contributed by atoms with Gasteiger partial charge in [0.15, 0.2) is 0 Å². The number of benzene rings is 1. The summed E-state index contributed by atoms with van der Waals surface area (Å²) in [4.78, 5) is 36.8. The highest BCUT2D eigenvalue weighted by Gasteiger charge is 2.56. The van der Waals surface area contributed by atoms with E-state index in [-0.39, 0.29) is 41.2 Å². The zero-order chi connectivity index (χ0) is 15.4. The predicted octanol–water partition coefficient (Wildman–Crippen LogP) is 2.30. The van der Waals surface area contributed by atoms with E-state index in [2.05, 4.69) is 12.2 Å². The van der Waals surface area contributed by atoms with Gasteiger partial charge in [-0.3, -0.25) is 24.6 Å². The summed E-state index contributed by atoms with van der Waals surface area (Å²) in [6.07, 6.45) is 6.05. The monoisotopic (exact) mass is 298 g/mol. The van der Waals surface area contributed by atoms with E-state index in [9.17, 15) is 19.7 Å². The number of anilines is 1. The first-order valence-electron chi connectivity index (χ1n) is 7.38. The third-order valence-corrected chi connectivity index (χ3v) is 5.08. The molecule has 2 amide bonds. The lowest BCUT2D eigenvalue weighted by Gasteiger charge is -2.38. The lowest BCUT2D eigenvalue weighted by molar-refractivity contribution is -0.384. The Hall–Kier alpha value is -2.50. The molecule has 4 atom stereocenters. The zero-order valence-corrected chi connectivity index (χ0v) is 11.7. The Kier molecular flexibility index (Phi) is 2.69. The summed E-state index contributed by atoms with van der Waals surface area (Å²) >= 11 is 0. The van der Waals surface area contributed by atoms with Crippen LogP contribution < -0.4 is 4.90 Å². The van der Waals surface area contributed by atoms with Crippen LogP contribution in [0.3, 0.4) is 0 Å². The summed E-state index contributed by atoms with van der Waals surface area (Å²) < 4.78 is 0. The summed E-state index contributed by atoms with van der Waals surface area (Å²) in [5.74, 6) is -0.548. The molecule has 0 spiro atoms.